The Labute approximate surface area is 174 Å². The third-order valence-corrected chi connectivity index (χ3v) is 5.42. The van der Waals surface area contributed by atoms with Crippen LogP contribution in [0.5, 0.6) is 5.75 Å². The second-order valence-electron chi connectivity index (χ2n) is 7.89. The molecule has 0 saturated carbocycles. The van der Waals surface area contributed by atoms with Crippen LogP contribution in [0.4, 0.5) is 4.79 Å². The number of rotatable bonds is 8. The minimum Gasteiger partial charge on any atom is -0.494 e. The summed E-state index contributed by atoms with van der Waals surface area (Å²) < 4.78 is 5.49. The number of nitrogens with one attached hydrogen (secondary N) is 2. The molecule has 2 aromatic carbocycles. The first-order valence-electron chi connectivity index (χ1n) is 10.7. The molecule has 1 heterocycles. The molecule has 0 atom stereocenters. The van der Waals surface area contributed by atoms with Gasteiger partial charge in [-0.05, 0) is 67.6 Å². The Kier molecular flexibility index (Phi) is 7.94. The van der Waals surface area contributed by atoms with Crippen molar-refractivity contribution in [2.75, 3.05) is 19.7 Å². The number of carbonyl (C=O) groups is 1. The Morgan fingerprint density at radius 3 is 2.34 bits per heavy atom. The van der Waals surface area contributed by atoms with Gasteiger partial charge in [0, 0.05) is 19.6 Å². The molecule has 5 nitrogen and oxygen atoms in total. The molecule has 156 valence electrons. The highest BCUT2D eigenvalue weighted by molar-refractivity contribution is 5.73. The standard InChI is InChI=1S/C24H33N3O2/c1-3-29-23-6-4-5-22(15-23)17-26-24(28)25-16-20-7-9-21(10-8-20)18-27-13-11-19(2)12-14-27/h4-10,15,19H,3,11-14,16-18H2,1-2H3,(H2,25,26,28). The molecule has 1 aliphatic rings. The van der Waals surface area contributed by atoms with E-state index in [0.717, 1.165) is 29.3 Å². The maximum Gasteiger partial charge on any atom is 0.315 e. The van der Waals surface area contributed by atoms with Crippen LogP contribution in [0.3, 0.4) is 0 Å². The zero-order valence-electron chi connectivity index (χ0n) is 17.6. The van der Waals surface area contributed by atoms with Crippen molar-refractivity contribution in [1.29, 1.82) is 0 Å². The molecule has 0 spiro atoms. The lowest BCUT2D eigenvalue weighted by Crippen LogP contribution is -2.34. The minimum absolute atomic E-state index is 0.168. The van der Waals surface area contributed by atoms with Crippen molar-refractivity contribution in [3.63, 3.8) is 0 Å². The minimum atomic E-state index is -0.168. The van der Waals surface area contributed by atoms with Gasteiger partial charge in [0.25, 0.3) is 0 Å². The molecule has 2 N–H and O–H groups in total. The summed E-state index contributed by atoms with van der Waals surface area (Å²) in [5.41, 5.74) is 3.46. The van der Waals surface area contributed by atoms with E-state index in [2.05, 4.69) is 46.7 Å². The second kappa shape index (κ2) is 10.9. The predicted molar refractivity (Wildman–Crippen MR) is 117 cm³/mol. The number of piperidine rings is 1. The fourth-order valence-corrected chi connectivity index (χ4v) is 3.58. The molecule has 0 radical (unpaired) electrons. The van der Waals surface area contributed by atoms with Gasteiger partial charge in [0.1, 0.15) is 5.75 Å². The van der Waals surface area contributed by atoms with Crippen LogP contribution in [-0.2, 0) is 19.6 Å². The second-order valence-corrected chi connectivity index (χ2v) is 7.89. The smallest absolute Gasteiger partial charge is 0.315 e. The summed E-state index contributed by atoms with van der Waals surface area (Å²) in [5.74, 6) is 1.69. The van der Waals surface area contributed by atoms with Crippen molar-refractivity contribution in [1.82, 2.24) is 15.5 Å². The highest BCUT2D eigenvalue weighted by Gasteiger charge is 2.15. The zero-order chi connectivity index (χ0) is 20.5. The van der Waals surface area contributed by atoms with Crippen LogP contribution in [0, 0.1) is 5.92 Å². The number of hydrogen-bond acceptors (Lipinski definition) is 3. The first kappa shape index (κ1) is 21.2. The summed E-state index contributed by atoms with van der Waals surface area (Å²) in [6, 6.07) is 16.2. The van der Waals surface area contributed by atoms with Gasteiger partial charge < -0.3 is 15.4 Å². The lowest BCUT2D eigenvalue weighted by Gasteiger charge is -2.30. The highest BCUT2D eigenvalue weighted by Crippen LogP contribution is 2.18. The van der Waals surface area contributed by atoms with Crippen molar-refractivity contribution in [2.24, 2.45) is 5.92 Å². The Balaban J connectivity index is 1.39. The van der Waals surface area contributed by atoms with E-state index in [1.54, 1.807) is 0 Å². The van der Waals surface area contributed by atoms with Crippen molar-refractivity contribution >= 4 is 6.03 Å². The third-order valence-electron chi connectivity index (χ3n) is 5.42. The molecule has 2 aromatic rings. The molecule has 1 fully saturated rings. The van der Waals surface area contributed by atoms with Crippen LogP contribution in [0.1, 0.15) is 43.4 Å². The monoisotopic (exact) mass is 395 g/mol. The average Bonchev–Trinajstić information content (AvgIpc) is 2.74. The van der Waals surface area contributed by atoms with Crippen molar-refractivity contribution in [2.45, 2.75) is 46.3 Å². The largest absolute Gasteiger partial charge is 0.494 e. The van der Waals surface area contributed by atoms with Crippen LogP contribution < -0.4 is 15.4 Å². The van der Waals surface area contributed by atoms with Crippen molar-refractivity contribution in [3.05, 3.63) is 65.2 Å². The van der Waals surface area contributed by atoms with E-state index in [1.165, 1.54) is 31.5 Å². The van der Waals surface area contributed by atoms with Crippen LogP contribution >= 0.6 is 0 Å². The predicted octanol–water partition coefficient (Wildman–Crippen LogP) is 4.32. The number of urea groups is 1. The van der Waals surface area contributed by atoms with Gasteiger partial charge in [-0.2, -0.15) is 0 Å². The molecule has 0 aromatic heterocycles. The molecule has 0 bridgehead atoms. The summed E-state index contributed by atoms with van der Waals surface area (Å²) in [7, 11) is 0. The molecule has 1 aliphatic heterocycles. The first-order valence-corrected chi connectivity index (χ1v) is 10.7. The summed E-state index contributed by atoms with van der Waals surface area (Å²) in [5, 5.41) is 5.82. The molecule has 29 heavy (non-hydrogen) atoms. The van der Waals surface area contributed by atoms with Crippen LogP contribution in [0.25, 0.3) is 0 Å². The van der Waals surface area contributed by atoms with Gasteiger partial charge in [-0.15, -0.1) is 0 Å². The Hall–Kier alpha value is -2.53. The summed E-state index contributed by atoms with van der Waals surface area (Å²) in [6.07, 6.45) is 2.60. The number of benzene rings is 2. The topological polar surface area (TPSA) is 53.6 Å². The molecule has 3 rings (SSSR count). The van der Waals surface area contributed by atoms with Gasteiger partial charge in [0.05, 0.1) is 6.61 Å². The molecular formula is C24H33N3O2. The van der Waals surface area contributed by atoms with E-state index in [-0.39, 0.29) is 6.03 Å². The number of carbonyl (C=O) groups excluding carboxylic acids is 1. The number of nitrogens with zero attached hydrogens (tertiary/aromatic N) is 1. The van der Waals surface area contributed by atoms with Gasteiger partial charge >= 0.3 is 6.03 Å². The van der Waals surface area contributed by atoms with Gasteiger partial charge in [-0.3, -0.25) is 4.90 Å². The van der Waals surface area contributed by atoms with E-state index in [1.807, 2.05) is 31.2 Å². The summed E-state index contributed by atoms with van der Waals surface area (Å²) in [4.78, 5) is 14.6. The van der Waals surface area contributed by atoms with E-state index in [0.29, 0.717) is 19.7 Å². The third kappa shape index (κ3) is 7.09. The number of ether oxygens (including phenoxy) is 1. The number of amides is 2. The van der Waals surface area contributed by atoms with E-state index < -0.39 is 0 Å². The Morgan fingerprint density at radius 1 is 1.00 bits per heavy atom. The molecule has 0 aliphatic carbocycles. The van der Waals surface area contributed by atoms with Crippen LogP contribution in [0.15, 0.2) is 48.5 Å². The van der Waals surface area contributed by atoms with Gasteiger partial charge in [0.2, 0.25) is 0 Å². The maximum atomic E-state index is 12.1. The summed E-state index contributed by atoms with van der Waals surface area (Å²) >= 11 is 0. The van der Waals surface area contributed by atoms with E-state index in [9.17, 15) is 4.79 Å². The lowest BCUT2D eigenvalue weighted by molar-refractivity contribution is 0.185. The van der Waals surface area contributed by atoms with Crippen LogP contribution in [0.2, 0.25) is 0 Å². The quantitative estimate of drug-likeness (QED) is 0.700. The number of hydrogen-bond donors (Lipinski definition) is 2. The normalized spacial score (nSPS) is 15.1. The SMILES string of the molecule is CCOc1cccc(CNC(=O)NCc2ccc(CN3CCC(C)CC3)cc2)c1. The van der Waals surface area contributed by atoms with Crippen molar-refractivity contribution < 1.29 is 9.53 Å². The fourth-order valence-electron chi connectivity index (χ4n) is 3.58. The number of likely N-dealkylation sites (tertiary alicyclic amines) is 1. The molecule has 5 heteroatoms. The van der Waals surface area contributed by atoms with Gasteiger partial charge in [-0.25, -0.2) is 4.79 Å². The van der Waals surface area contributed by atoms with Gasteiger partial charge in [0.15, 0.2) is 0 Å². The summed E-state index contributed by atoms with van der Waals surface area (Å²) in [6.45, 7) is 9.32. The Bertz CT molecular complexity index is 768. The van der Waals surface area contributed by atoms with E-state index in [4.69, 9.17) is 4.74 Å². The molecular weight excluding hydrogens is 362 g/mol. The lowest BCUT2D eigenvalue weighted by atomic mass is 9.99. The van der Waals surface area contributed by atoms with Crippen LogP contribution in [-0.4, -0.2) is 30.6 Å². The van der Waals surface area contributed by atoms with Gasteiger partial charge in [-0.1, -0.05) is 43.3 Å². The first-order chi connectivity index (χ1) is 14.1. The van der Waals surface area contributed by atoms with E-state index >= 15 is 0 Å². The highest BCUT2D eigenvalue weighted by atomic mass is 16.5. The fraction of sp³-hybridized carbons (Fsp3) is 0.458. The average molecular weight is 396 g/mol. The molecule has 1 saturated heterocycles. The maximum absolute atomic E-state index is 12.1. The molecule has 0 unspecified atom stereocenters. The van der Waals surface area contributed by atoms with Crippen molar-refractivity contribution in [3.8, 4) is 5.75 Å². The Morgan fingerprint density at radius 2 is 1.66 bits per heavy atom. The zero-order valence-corrected chi connectivity index (χ0v) is 17.6. The molecule has 2 amide bonds.